The zero-order valence-corrected chi connectivity index (χ0v) is 17.2. The van der Waals surface area contributed by atoms with Crippen LogP contribution in [-0.2, 0) is 10.2 Å². The Kier molecular flexibility index (Phi) is 5.18. The van der Waals surface area contributed by atoms with Crippen molar-refractivity contribution in [3.63, 3.8) is 0 Å². The number of anilines is 2. The quantitative estimate of drug-likeness (QED) is 0.211. The summed E-state index contributed by atoms with van der Waals surface area (Å²) in [5, 5.41) is 31.4. The molecule has 3 atom stereocenters. The Balaban J connectivity index is 1.48. The molecular weight excluding hydrogens is 473 g/mol. The average molecular weight is 490 g/mol. The number of benzene rings is 1. The Bertz CT molecular complexity index is 1060. The molecule has 5 N–H and O–H groups in total. The van der Waals surface area contributed by atoms with Crippen LogP contribution in [0.4, 0.5) is 15.9 Å². The van der Waals surface area contributed by atoms with E-state index in [0.717, 1.165) is 0 Å². The lowest BCUT2D eigenvalue weighted by Gasteiger charge is -2.29. The number of amidine groups is 1. The number of nitrogens with two attached hydrogens (primary N) is 1. The number of nitrogens with one attached hydrogen (secondary N) is 2. The van der Waals surface area contributed by atoms with Crippen LogP contribution < -0.4 is 15.8 Å². The highest BCUT2D eigenvalue weighted by atomic mass is 79.9. The van der Waals surface area contributed by atoms with Crippen molar-refractivity contribution < 1.29 is 22.6 Å². The zero-order valence-electron chi connectivity index (χ0n) is 14.8. The molecule has 2 bridgehead atoms. The van der Waals surface area contributed by atoms with Crippen LogP contribution in [0.5, 0.6) is 0 Å². The summed E-state index contributed by atoms with van der Waals surface area (Å²) in [5.74, 6) is -0.195. The molecule has 1 aromatic heterocycles. The maximum absolute atomic E-state index is 13.4. The number of halogens is 2. The lowest BCUT2D eigenvalue weighted by Crippen LogP contribution is -2.46. The Labute approximate surface area is 173 Å². The Morgan fingerprint density at radius 2 is 2.21 bits per heavy atom. The van der Waals surface area contributed by atoms with Gasteiger partial charge in [-0.25, -0.2) is 14.2 Å². The van der Waals surface area contributed by atoms with Gasteiger partial charge in [0.05, 0.1) is 4.47 Å². The van der Waals surface area contributed by atoms with Crippen LogP contribution in [0.2, 0.25) is 0 Å². The van der Waals surface area contributed by atoms with Crippen LogP contribution in [0.1, 0.15) is 18.5 Å². The smallest absolute Gasteiger partial charge is 0.277 e. The predicted molar refractivity (Wildman–Crippen MR) is 104 cm³/mol. The van der Waals surface area contributed by atoms with Crippen LogP contribution in [-0.4, -0.2) is 52.7 Å². The van der Waals surface area contributed by atoms with Crippen LogP contribution in [0, 0.1) is 11.7 Å². The van der Waals surface area contributed by atoms with E-state index in [9.17, 15) is 18.0 Å². The molecule has 2 aromatic rings. The Morgan fingerprint density at radius 3 is 2.83 bits per heavy atom. The van der Waals surface area contributed by atoms with E-state index in [1.54, 1.807) is 0 Å². The molecule has 14 heteroatoms. The molecule has 0 amide bonds. The van der Waals surface area contributed by atoms with E-state index in [0.29, 0.717) is 25.1 Å². The van der Waals surface area contributed by atoms with E-state index >= 15 is 0 Å². The highest BCUT2D eigenvalue weighted by molar-refractivity contribution is 9.10. The molecular formula is C15H17BrFN7O4S. The first-order valence-corrected chi connectivity index (χ1v) is 10.9. The summed E-state index contributed by atoms with van der Waals surface area (Å²) in [6.07, 6.45) is 1.24. The summed E-state index contributed by atoms with van der Waals surface area (Å²) in [4.78, 5) is 0. The highest BCUT2D eigenvalue weighted by Gasteiger charge is 2.48. The minimum Gasteiger partial charge on any atom is -0.409 e. The number of oxime groups is 1. The third-order valence-corrected chi connectivity index (χ3v) is 6.84. The Morgan fingerprint density at radius 1 is 1.41 bits per heavy atom. The minimum atomic E-state index is -3.72. The molecule has 0 radical (unpaired) electrons. The maximum Gasteiger partial charge on any atom is 0.277 e. The summed E-state index contributed by atoms with van der Waals surface area (Å²) in [7, 11) is -3.72. The SMILES string of the molecule is NS(=O)(=O)N1CC2CC1CC2Nc1nonc1C(=NO)Nc1ccc(F)c(Br)c1. The summed E-state index contributed by atoms with van der Waals surface area (Å²) in [6, 6.07) is 3.94. The lowest BCUT2D eigenvalue weighted by atomic mass is 10.0. The molecule has 4 rings (SSSR count). The molecule has 1 saturated carbocycles. The third kappa shape index (κ3) is 3.92. The van der Waals surface area contributed by atoms with Crippen molar-refractivity contribution in [1.82, 2.24) is 14.6 Å². The highest BCUT2D eigenvalue weighted by Crippen LogP contribution is 2.40. The fraction of sp³-hybridized carbons (Fsp3) is 0.400. The second kappa shape index (κ2) is 7.51. The van der Waals surface area contributed by atoms with Gasteiger partial charge >= 0.3 is 0 Å². The number of hydrogen-bond acceptors (Lipinski definition) is 8. The number of fused-ring (bicyclic) bond motifs is 2. The minimum absolute atomic E-state index is 0.0541. The molecule has 156 valence electrons. The van der Waals surface area contributed by atoms with Crippen LogP contribution in [0.25, 0.3) is 0 Å². The first kappa shape index (κ1) is 20.0. The predicted octanol–water partition coefficient (Wildman–Crippen LogP) is 1.30. The topological polar surface area (TPSA) is 159 Å². The number of hydrogen-bond donors (Lipinski definition) is 4. The van der Waals surface area contributed by atoms with E-state index in [4.69, 9.17) is 9.77 Å². The van der Waals surface area contributed by atoms with E-state index in [2.05, 4.69) is 42.0 Å². The molecule has 0 spiro atoms. The van der Waals surface area contributed by atoms with Gasteiger partial charge in [-0.3, -0.25) is 0 Å². The van der Waals surface area contributed by atoms with Gasteiger partial charge in [0.1, 0.15) is 5.82 Å². The summed E-state index contributed by atoms with van der Waals surface area (Å²) < 4.78 is 43.0. The van der Waals surface area contributed by atoms with Crippen molar-refractivity contribution in [1.29, 1.82) is 0 Å². The first-order chi connectivity index (χ1) is 13.8. The molecule has 3 unspecified atom stereocenters. The number of rotatable bonds is 5. The largest absolute Gasteiger partial charge is 0.409 e. The molecule has 1 aromatic carbocycles. The molecule has 1 aliphatic carbocycles. The van der Waals surface area contributed by atoms with Gasteiger partial charge in [0.2, 0.25) is 11.7 Å². The number of piperidine rings is 1. The van der Waals surface area contributed by atoms with Crippen LogP contribution >= 0.6 is 15.9 Å². The second-order valence-corrected chi connectivity index (χ2v) is 9.27. The zero-order chi connectivity index (χ0) is 20.8. The van der Waals surface area contributed by atoms with Gasteiger partial charge in [-0.15, -0.1) is 0 Å². The van der Waals surface area contributed by atoms with Crippen molar-refractivity contribution in [3.05, 3.63) is 34.2 Å². The lowest BCUT2D eigenvalue weighted by molar-refractivity contribution is 0.302. The molecule has 2 fully saturated rings. The third-order valence-electron chi connectivity index (χ3n) is 5.14. The van der Waals surface area contributed by atoms with Crippen molar-refractivity contribution in [2.45, 2.75) is 24.9 Å². The van der Waals surface area contributed by atoms with E-state index < -0.39 is 16.0 Å². The fourth-order valence-corrected chi connectivity index (χ4v) is 5.22. The van der Waals surface area contributed by atoms with Crippen molar-refractivity contribution in [2.75, 3.05) is 17.2 Å². The first-order valence-electron chi connectivity index (χ1n) is 8.59. The fourth-order valence-electron chi connectivity index (χ4n) is 3.86. The van der Waals surface area contributed by atoms with Gasteiger partial charge in [0.25, 0.3) is 10.2 Å². The van der Waals surface area contributed by atoms with Gasteiger partial charge in [-0.05, 0) is 63.2 Å². The van der Waals surface area contributed by atoms with Crippen molar-refractivity contribution in [2.24, 2.45) is 16.2 Å². The Hall–Kier alpha value is -2.29. The van der Waals surface area contributed by atoms with Gasteiger partial charge < -0.3 is 15.8 Å². The molecule has 1 aliphatic heterocycles. The second-order valence-electron chi connectivity index (χ2n) is 6.91. The van der Waals surface area contributed by atoms with Crippen molar-refractivity contribution >= 4 is 43.5 Å². The van der Waals surface area contributed by atoms with E-state index in [1.165, 1.54) is 22.5 Å². The van der Waals surface area contributed by atoms with Crippen LogP contribution in [0.3, 0.4) is 0 Å². The maximum atomic E-state index is 13.4. The molecule has 2 heterocycles. The number of nitrogens with zero attached hydrogens (tertiary/aromatic N) is 4. The molecule has 2 aliphatic rings. The summed E-state index contributed by atoms with van der Waals surface area (Å²) >= 11 is 3.08. The van der Waals surface area contributed by atoms with Gasteiger partial charge in [0, 0.05) is 24.3 Å². The van der Waals surface area contributed by atoms with Gasteiger partial charge in [-0.2, -0.15) is 12.7 Å². The average Bonchev–Trinajstić information content (AvgIpc) is 3.38. The van der Waals surface area contributed by atoms with Crippen LogP contribution in [0.15, 0.2) is 32.5 Å². The van der Waals surface area contributed by atoms with Gasteiger partial charge in [0.15, 0.2) is 5.69 Å². The van der Waals surface area contributed by atoms with Crippen molar-refractivity contribution in [3.8, 4) is 0 Å². The monoisotopic (exact) mass is 489 g/mol. The normalized spacial score (nSPS) is 24.8. The van der Waals surface area contributed by atoms with E-state index in [-0.39, 0.29) is 39.8 Å². The standard InChI is InChI=1S/C15H17BrFN7O4S/c16-10-4-8(1-2-11(10)17)19-14(21-25)13-15(23-28-22-13)20-12-5-9-3-7(12)6-24(9)29(18,26)27/h1-2,4,7,9,12,25H,3,5-6H2,(H,19,21)(H,20,23)(H2,18,26,27). The molecule has 1 saturated heterocycles. The number of aromatic nitrogens is 2. The summed E-state index contributed by atoms with van der Waals surface area (Å²) in [6.45, 7) is 0.324. The van der Waals surface area contributed by atoms with Gasteiger partial charge in [-0.1, -0.05) is 5.16 Å². The van der Waals surface area contributed by atoms with E-state index in [1.807, 2.05) is 0 Å². The molecule has 11 nitrogen and oxygen atoms in total. The molecule has 29 heavy (non-hydrogen) atoms. The summed E-state index contributed by atoms with van der Waals surface area (Å²) in [5.41, 5.74) is 0.572.